The van der Waals surface area contributed by atoms with Gasteiger partial charge >= 0.3 is 0 Å². The zero-order chi connectivity index (χ0) is 18.8. The normalized spacial score (nSPS) is 20.0. The molecule has 0 radical (unpaired) electrons. The fourth-order valence-corrected chi connectivity index (χ4v) is 3.81. The zero-order valence-electron chi connectivity index (χ0n) is 15.7. The molecule has 1 saturated carbocycles. The second kappa shape index (κ2) is 7.72. The highest BCUT2D eigenvalue weighted by atomic mass is 35.5. The highest BCUT2D eigenvalue weighted by Gasteiger charge is 2.20. The molecule has 6 nitrogen and oxygen atoms in total. The summed E-state index contributed by atoms with van der Waals surface area (Å²) in [7, 11) is 0. The van der Waals surface area contributed by atoms with Crippen molar-refractivity contribution in [3.63, 3.8) is 0 Å². The standard InChI is InChI=1S/C20H25ClN6/c1-3-27-12-22-17-18(23-16-6-4-5-14(21)11-16)25-20(26-19(17)27)24-15-9-7-13(2)8-10-15/h4-6,11-13,15H,3,7-10H2,1-2H3,(H2,23,24,25,26). The Bertz CT molecular complexity index is 929. The molecule has 0 amide bonds. The number of aryl methyl sites for hydroxylation is 1. The van der Waals surface area contributed by atoms with E-state index in [0.29, 0.717) is 22.8 Å². The SMILES string of the molecule is CCn1cnc2c(Nc3cccc(Cl)c3)nc(NC3CCC(C)CC3)nc21. The van der Waals surface area contributed by atoms with Crippen molar-refractivity contribution in [2.75, 3.05) is 10.6 Å². The van der Waals surface area contributed by atoms with Crippen molar-refractivity contribution < 1.29 is 0 Å². The third-order valence-electron chi connectivity index (χ3n) is 5.24. The second-order valence-electron chi connectivity index (χ2n) is 7.34. The molecular formula is C20H25ClN6. The van der Waals surface area contributed by atoms with Crippen molar-refractivity contribution >= 4 is 40.2 Å². The lowest BCUT2D eigenvalue weighted by atomic mass is 9.87. The number of halogens is 1. The Morgan fingerprint density at radius 1 is 1.19 bits per heavy atom. The number of nitrogens with zero attached hydrogens (tertiary/aromatic N) is 4. The highest BCUT2D eigenvalue weighted by molar-refractivity contribution is 6.30. The highest BCUT2D eigenvalue weighted by Crippen LogP contribution is 2.28. The van der Waals surface area contributed by atoms with Gasteiger partial charge in [-0.25, -0.2) is 4.98 Å². The monoisotopic (exact) mass is 384 g/mol. The van der Waals surface area contributed by atoms with Crippen LogP contribution in [0, 0.1) is 5.92 Å². The minimum absolute atomic E-state index is 0.427. The number of fused-ring (bicyclic) bond motifs is 1. The van der Waals surface area contributed by atoms with E-state index >= 15 is 0 Å². The van der Waals surface area contributed by atoms with Gasteiger partial charge < -0.3 is 15.2 Å². The number of anilines is 3. The van der Waals surface area contributed by atoms with Crippen molar-refractivity contribution in [3.05, 3.63) is 35.6 Å². The lowest BCUT2D eigenvalue weighted by Crippen LogP contribution is -2.26. The molecule has 0 spiro atoms. The molecule has 0 aliphatic heterocycles. The third-order valence-corrected chi connectivity index (χ3v) is 5.48. The summed E-state index contributed by atoms with van der Waals surface area (Å²) in [5, 5.41) is 7.58. The molecule has 1 aromatic carbocycles. The number of rotatable bonds is 5. The van der Waals surface area contributed by atoms with Gasteiger partial charge in [0.15, 0.2) is 17.0 Å². The van der Waals surface area contributed by atoms with Gasteiger partial charge in [-0.2, -0.15) is 9.97 Å². The molecule has 1 fully saturated rings. The zero-order valence-corrected chi connectivity index (χ0v) is 16.5. The molecule has 1 aliphatic carbocycles. The van der Waals surface area contributed by atoms with Crippen molar-refractivity contribution in [3.8, 4) is 0 Å². The van der Waals surface area contributed by atoms with E-state index in [4.69, 9.17) is 21.6 Å². The van der Waals surface area contributed by atoms with E-state index in [0.717, 1.165) is 42.2 Å². The number of benzene rings is 1. The smallest absolute Gasteiger partial charge is 0.227 e. The average Bonchev–Trinajstić information content (AvgIpc) is 3.07. The fourth-order valence-electron chi connectivity index (χ4n) is 3.62. The van der Waals surface area contributed by atoms with E-state index < -0.39 is 0 Å². The first-order chi connectivity index (χ1) is 13.1. The lowest BCUT2D eigenvalue weighted by Gasteiger charge is -2.27. The summed E-state index contributed by atoms with van der Waals surface area (Å²) in [6, 6.07) is 8.03. The summed E-state index contributed by atoms with van der Waals surface area (Å²) in [5.74, 6) is 2.16. The summed E-state index contributed by atoms with van der Waals surface area (Å²) >= 11 is 6.12. The van der Waals surface area contributed by atoms with Gasteiger partial charge in [0.25, 0.3) is 0 Å². The minimum Gasteiger partial charge on any atom is -0.351 e. The van der Waals surface area contributed by atoms with Gasteiger partial charge in [-0.3, -0.25) is 0 Å². The van der Waals surface area contributed by atoms with E-state index in [1.807, 2.05) is 35.2 Å². The van der Waals surface area contributed by atoms with Crippen molar-refractivity contribution in [1.29, 1.82) is 0 Å². The average molecular weight is 385 g/mol. The molecule has 3 aromatic rings. The predicted molar refractivity (Wildman–Crippen MR) is 111 cm³/mol. The molecule has 0 unspecified atom stereocenters. The summed E-state index contributed by atoms with van der Waals surface area (Å²) in [5.41, 5.74) is 2.48. The van der Waals surface area contributed by atoms with E-state index in [9.17, 15) is 0 Å². The van der Waals surface area contributed by atoms with Gasteiger partial charge in [0.1, 0.15) is 0 Å². The Hall–Kier alpha value is -2.34. The first kappa shape index (κ1) is 18.0. The molecule has 4 rings (SSSR count). The molecule has 27 heavy (non-hydrogen) atoms. The van der Waals surface area contributed by atoms with E-state index in [1.165, 1.54) is 12.8 Å². The Morgan fingerprint density at radius 3 is 2.74 bits per heavy atom. The second-order valence-corrected chi connectivity index (χ2v) is 7.77. The van der Waals surface area contributed by atoms with E-state index in [1.54, 1.807) is 0 Å². The molecule has 0 saturated heterocycles. The van der Waals surface area contributed by atoms with Gasteiger partial charge in [-0.15, -0.1) is 0 Å². The lowest BCUT2D eigenvalue weighted by molar-refractivity contribution is 0.360. The van der Waals surface area contributed by atoms with E-state index in [-0.39, 0.29) is 0 Å². The Labute approximate surface area is 164 Å². The number of imidazole rings is 1. The first-order valence-electron chi connectivity index (χ1n) is 9.64. The number of hydrogen-bond acceptors (Lipinski definition) is 5. The number of aromatic nitrogens is 4. The van der Waals surface area contributed by atoms with Crippen LogP contribution in [0.3, 0.4) is 0 Å². The van der Waals surface area contributed by atoms with Crippen LogP contribution in [0.15, 0.2) is 30.6 Å². The van der Waals surface area contributed by atoms with Gasteiger partial charge in [0.05, 0.1) is 6.33 Å². The van der Waals surface area contributed by atoms with Crippen LogP contribution in [0.4, 0.5) is 17.5 Å². The maximum Gasteiger partial charge on any atom is 0.227 e. The molecule has 1 aliphatic rings. The van der Waals surface area contributed by atoms with Crippen LogP contribution in [-0.2, 0) is 6.54 Å². The molecular weight excluding hydrogens is 360 g/mol. The molecule has 2 N–H and O–H groups in total. The van der Waals surface area contributed by atoms with Gasteiger partial charge in [-0.05, 0) is 56.7 Å². The molecule has 0 bridgehead atoms. The quantitative estimate of drug-likeness (QED) is 0.630. The van der Waals surface area contributed by atoms with Crippen LogP contribution in [0.2, 0.25) is 5.02 Å². The number of nitrogens with one attached hydrogen (secondary N) is 2. The van der Waals surface area contributed by atoms with Crippen LogP contribution in [0.1, 0.15) is 39.5 Å². The Balaban J connectivity index is 1.67. The predicted octanol–water partition coefficient (Wildman–Crippen LogP) is 5.23. The van der Waals surface area contributed by atoms with Gasteiger partial charge in [0, 0.05) is 23.3 Å². The Kier molecular flexibility index (Phi) is 5.16. The van der Waals surface area contributed by atoms with Crippen molar-refractivity contribution in [2.45, 2.75) is 52.1 Å². The largest absolute Gasteiger partial charge is 0.351 e. The summed E-state index contributed by atoms with van der Waals surface area (Å²) in [4.78, 5) is 14.0. The number of hydrogen-bond donors (Lipinski definition) is 2. The molecule has 2 heterocycles. The van der Waals surface area contributed by atoms with Gasteiger partial charge in [0.2, 0.25) is 5.95 Å². The molecule has 142 valence electrons. The maximum absolute atomic E-state index is 6.12. The summed E-state index contributed by atoms with van der Waals surface area (Å²) in [6.45, 7) is 5.22. The molecule has 0 atom stereocenters. The van der Waals surface area contributed by atoms with Gasteiger partial charge in [-0.1, -0.05) is 24.6 Å². The summed E-state index contributed by atoms with van der Waals surface area (Å²) in [6.07, 6.45) is 6.63. The van der Waals surface area contributed by atoms with Crippen LogP contribution in [0.25, 0.3) is 11.2 Å². The first-order valence-corrected chi connectivity index (χ1v) is 10.0. The molecule has 2 aromatic heterocycles. The Morgan fingerprint density at radius 2 is 2.00 bits per heavy atom. The van der Waals surface area contributed by atoms with Crippen molar-refractivity contribution in [2.24, 2.45) is 5.92 Å². The minimum atomic E-state index is 0.427. The molecule has 7 heteroatoms. The third kappa shape index (κ3) is 4.00. The van der Waals surface area contributed by atoms with E-state index in [2.05, 4.69) is 29.5 Å². The van der Waals surface area contributed by atoms with Crippen LogP contribution >= 0.6 is 11.6 Å². The maximum atomic E-state index is 6.12. The fraction of sp³-hybridized carbons (Fsp3) is 0.450. The van der Waals surface area contributed by atoms with Crippen LogP contribution in [-0.4, -0.2) is 25.6 Å². The van der Waals surface area contributed by atoms with Crippen LogP contribution < -0.4 is 10.6 Å². The van der Waals surface area contributed by atoms with Crippen LogP contribution in [0.5, 0.6) is 0 Å². The topological polar surface area (TPSA) is 67.7 Å². The van der Waals surface area contributed by atoms with Crippen molar-refractivity contribution in [1.82, 2.24) is 19.5 Å². The summed E-state index contributed by atoms with van der Waals surface area (Å²) < 4.78 is 2.04.